The molecule has 4 nitrogen and oxygen atoms in total. The molecule has 0 aliphatic rings. The first-order valence-corrected chi connectivity index (χ1v) is 7.90. The zero-order chi connectivity index (χ0) is 16.2. The van der Waals surface area contributed by atoms with Gasteiger partial charge >= 0.3 is 0 Å². The normalized spacial score (nSPS) is 10.3. The fourth-order valence-electron chi connectivity index (χ4n) is 2.05. The molecule has 0 atom stereocenters. The van der Waals surface area contributed by atoms with Crippen LogP contribution in [-0.4, -0.2) is 9.55 Å². The predicted octanol–water partition coefficient (Wildman–Crippen LogP) is 4.54. The van der Waals surface area contributed by atoms with Crippen LogP contribution in [0.2, 0.25) is 0 Å². The van der Waals surface area contributed by atoms with Gasteiger partial charge in [-0.15, -0.1) is 0 Å². The number of nitriles is 1. The first kappa shape index (κ1) is 15.2. The van der Waals surface area contributed by atoms with Crippen LogP contribution in [0, 0.1) is 18.3 Å². The quantitative estimate of drug-likeness (QED) is 0.707. The minimum Gasteiger partial charge on any atom is -0.457 e. The number of hydrogen-bond donors (Lipinski definition) is 0. The largest absolute Gasteiger partial charge is 0.457 e. The van der Waals surface area contributed by atoms with Crippen molar-refractivity contribution in [2.45, 2.75) is 17.0 Å². The molecule has 114 valence electrons. The van der Waals surface area contributed by atoms with E-state index in [1.165, 1.54) is 17.3 Å². The Kier molecular flexibility index (Phi) is 4.35. The second-order valence-electron chi connectivity index (χ2n) is 5.14. The predicted molar refractivity (Wildman–Crippen MR) is 89.7 cm³/mol. The number of aromatic nitrogens is 2. The van der Waals surface area contributed by atoms with E-state index in [0.29, 0.717) is 11.3 Å². The summed E-state index contributed by atoms with van der Waals surface area (Å²) >= 11 is 1.50. The molecule has 0 aliphatic carbocycles. The van der Waals surface area contributed by atoms with Crippen molar-refractivity contribution in [3.8, 4) is 17.6 Å². The van der Waals surface area contributed by atoms with Crippen LogP contribution < -0.4 is 4.74 Å². The highest BCUT2D eigenvalue weighted by Crippen LogP contribution is 2.32. The summed E-state index contributed by atoms with van der Waals surface area (Å²) in [5, 5.41) is 10.1. The molecule has 0 unspecified atom stereocenters. The van der Waals surface area contributed by atoms with Crippen LogP contribution in [0.25, 0.3) is 0 Å². The Morgan fingerprint density at radius 1 is 1.13 bits per heavy atom. The van der Waals surface area contributed by atoms with Gasteiger partial charge in [-0.1, -0.05) is 29.5 Å². The molecule has 0 aliphatic heterocycles. The minimum absolute atomic E-state index is 0.561. The Morgan fingerprint density at radius 2 is 1.91 bits per heavy atom. The third-order valence-electron chi connectivity index (χ3n) is 3.25. The van der Waals surface area contributed by atoms with Gasteiger partial charge < -0.3 is 9.30 Å². The molecule has 1 aromatic heterocycles. The summed E-state index contributed by atoms with van der Waals surface area (Å²) in [6, 6.07) is 15.5. The van der Waals surface area contributed by atoms with E-state index in [0.717, 1.165) is 15.8 Å². The molecule has 2 aromatic carbocycles. The molecule has 1 heterocycles. The third kappa shape index (κ3) is 3.74. The van der Waals surface area contributed by atoms with E-state index in [-0.39, 0.29) is 0 Å². The maximum absolute atomic E-state index is 9.23. The molecule has 3 rings (SSSR count). The summed E-state index contributed by atoms with van der Waals surface area (Å²) in [6.45, 7) is 2.03. The lowest BCUT2D eigenvalue weighted by molar-refractivity contribution is 0.481. The first-order valence-electron chi connectivity index (χ1n) is 7.09. The SMILES string of the molecule is Cc1ccc(Oc2cc(C#N)cc(Sc3nccn3C)c2)cc1. The molecule has 5 heteroatoms. The number of benzene rings is 2. The van der Waals surface area contributed by atoms with Crippen LogP contribution in [0.15, 0.2) is 64.9 Å². The van der Waals surface area contributed by atoms with Crippen molar-refractivity contribution in [1.82, 2.24) is 9.55 Å². The van der Waals surface area contributed by atoms with Gasteiger partial charge in [-0.25, -0.2) is 4.98 Å². The average Bonchev–Trinajstić information content (AvgIpc) is 2.94. The highest BCUT2D eigenvalue weighted by molar-refractivity contribution is 7.99. The first-order chi connectivity index (χ1) is 11.1. The highest BCUT2D eigenvalue weighted by atomic mass is 32.2. The molecule has 0 saturated heterocycles. The molecule has 3 aromatic rings. The van der Waals surface area contributed by atoms with Crippen molar-refractivity contribution in [1.29, 1.82) is 5.26 Å². The average molecular weight is 321 g/mol. The number of imidazole rings is 1. The standard InChI is InChI=1S/C18H15N3OS/c1-13-3-5-15(6-4-13)22-16-9-14(12-19)10-17(11-16)23-18-20-7-8-21(18)2/h3-11H,1-2H3. The van der Waals surface area contributed by atoms with Gasteiger partial charge in [0.2, 0.25) is 0 Å². The van der Waals surface area contributed by atoms with Crippen LogP contribution >= 0.6 is 11.8 Å². The lowest BCUT2D eigenvalue weighted by Gasteiger charge is -2.09. The van der Waals surface area contributed by atoms with E-state index in [9.17, 15) is 5.26 Å². The molecule has 0 N–H and O–H groups in total. The number of aryl methyl sites for hydroxylation is 2. The fourth-order valence-corrected chi connectivity index (χ4v) is 2.94. The maximum atomic E-state index is 9.23. The van der Waals surface area contributed by atoms with E-state index in [4.69, 9.17) is 4.74 Å². The lowest BCUT2D eigenvalue weighted by Crippen LogP contribution is -1.90. The molecule has 0 bridgehead atoms. The third-order valence-corrected chi connectivity index (χ3v) is 4.30. The van der Waals surface area contributed by atoms with Gasteiger partial charge in [-0.3, -0.25) is 0 Å². The number of rotatable bonds is 4. The van der Waals surface area contributed by atoms with Gasteiger partial charge in [0.05, 0.1) is 11.6 Å². The topological polar surface area (TPSA) is 50.8 Å². The van der Waals surface area contributed by atoms with Crippen molar-refractivity contribution < 1.29 is 4.74 Å². The highest BCUT2D eigenvalue weighted by Gasteiger charge is 2.07. The number of nitrogens with zero attached hydrogens (tertiary/aromatic N) is 3. The van der Waals surface area contributed by atoms with Crippen LogP contribution in [-0.2, 0) is 7.05 Å². The second kappa shape index (κ2) is 6.59. The van der Waals surface area contributed by atoms with E-state index in [1.807, 2.05) is 61.1 Å². The van der Waals surface area contributed by atoms with Gasteiger partial charge in [0, 0.05) is 24.3 Å². The van der Waals surface area contributed by atoms with E-state index in [1.54, 1.807) is 12.3 Å². The molecule has 0 amide bonds. The van der Waals surface area contributed by atoms with E-state index in [2.05, 4.69) is 11.1 Å². The molecular formula is C18H15N3OS. The van der Waals surface area contributed by atoms with Crippen LogP contribution in [0.3, 0.4) is 0 Å². The van der Waals surface area contributed by atoms with Gasteiger partial charge in [0.1, 0.15) is 11.5 Å². The summed E-state index contributed by atoms with van der Waals surface area (Å²) < 4.78 is 7.81. The molecule has 0 saturated carbocycles. The van der Waals surface area contributed by atoms with Crippen molar-refractivity contribution in [2.75, 3.05) is 0 Å². The second-order valence-corrected chi connectivity index (χ2v) is 6.18. The zero-order valence-corrected chi connectivity index (χ0v) is 13.7. The summed E-state index contributed by atoms with van der Waals surface area (Å²) in [4.78, 5) is 5.21. The monoisotopic (exact) mass is 321 g/mol. The Morgan fingerprint density at radius 3 is 2.57 bits per heavy atom. The van der Waals surface area contributed by atoms with Crippen molar-refractivity contribution in [3.05, 3.63) is 66.0 Å². The Labute approximate surface area is 139 Å². The van der Waals surface area contributed by atoms with Gasteiger partial charge in [-0.2, -0.15) is 5.26 Å². The van der Waals surface area contributed by atoms with Gasteiger partial charge in [0.15, 0.2) is 5.16 Å². The smallest absolute Gasteiger partial charge is 0.172 e. The Bertz CT molecular complexity index is 863. The van der Waals surface area contributed by atoms with Crippen molar-refractivity contribution in [3.63, 3.8) is 0 Å². The Balaban J connectivity index is 1.88. The maximum Gasteiger partial charge on any atom is 0.172 e. The van der Waals surface area contributed by atoms with Crippen LogP contribution in [0.1, 0.15) is 11.1 Å². The fraction of sp³-hybridized carbons (Fsp3) is 0.111. The summed E-state index contributed by atoms with van der Waals surface area (Å²) in [5.41, 5.74) is 1.74. The zero-order valence-electron chi connectivity index (χ0n) is 12.9. The Hall–Kier alpha value is -2.71. The van der Waals surface area contributed by atoms with Crippen LogP contribution in [0.5, 0.6) is 11.5 Å². The van der Waals surface area contributed by atoms with Crippen molar-refractivity contribution in [2.24, 2.45) is 7.05 Å². The van der Waals surface area contributed by atoms with Gasteiger partial charge in [0.25, 0.3) is 0 Å². The molecule has 0 radical (unpaired) electrons. The number of ether oxygens (including phenoxy) is 1. The lowest BCUT2D eigenvalue weighted by atomic mass is 10.2. The van der Waals surface area contributed by atoms with Crippen LogP contribution in [0.4, 0.5) is 0 Å². The summed E-state index contributed by atoms with van der Waals surface area (Å²) in [5.74, 6) is 1.39. The van der Waals surface area contributed by atoms with E-state index >= 15 is 0 Å². The van der Waals surface area contributed by atoms with Crippen molar-refractivity contribution >= 4 is 11.8 Å². The molecule has 23 heavy (non-hydrogen) atoms. The summed E-state index contributed by atoms with van der Waals surface area (Å²) in [6.07, 6.45) is 3.64. The van der Waals surface area contributed by atoms with Gasteiger partial charge in [-0.05, 0) is 37.3 Å². The molecule has 0 fully saturated rings. The number of hydrogen-bond acceptors (Lipinski definition) is 4. The minimum atomic E-state index is 0.561. The molecular weight excluding hydrogens is 306 g/mol. The van der Waals surface area contributed by atoms with E-state index < -0.39 is 0 Å². The molecule has 0 spiro atoms. The summed E-state index contributed by atoms with van der Waals surface area (Å²) in [7, 11) is 1.94.